The first-order valence-electron chi connectivity index (χ1n) is 8.83. The average molecular weight is 441 g/mol. The van der Waals surface area contributed by atoms with Gasteiger partial charge in [-0.15, -0.1) is 0 Å². The van der Waals surface area contributed by atoms with Crippen molar-refractivity contribution in [3.63, 3.8) is 0 Å². The fourth-order valence-electron chi connectivity index (χ4n) is 4.35. The van der Waals surface area contributed by atoms with Gasteiger partial charge in [-0.25, -0.2) is 0 Å². The molecule has 1 unspecified atom stereocenters. The van der Waals surface area contributed by atoms with Crippen molar-refractivity contribution in [2.75, 3.05) is 13.1 Å². The number of fused-ring (bicyclic) bond motifs is 2. The van der Waals surface area contributed by atoms with E-state index in [1.165, 1.54) is 69.2 Å². The molecule has 2 aliphatic heterocycles. The Kier molecular flexibility index (Phi) is 4.59. The summed E-state index contributed by atoms with van der Waals surface area (Å²) in [5, 5.41) is 0. The lowest BCUT2D eigenvalue weighted by Crippen LogP contribution is -2.57. The number of hydrogen-bond acceptors (Lipinski definition) is 2. The van der Waals surface area contributed by atoms with Crippen LogP contribution < -0.4 is 4.74 Å². The van der Waals surface area contributed by atoms with Crippen LogP contribution in [-0.4, -0.2) is 23.7 Å². The summed E-state index contributed by atoms with van der Waals surface area (Å²) in [7, 11) is 0. The Hall–Kier alpha value is -0.320. The van der Waals surface area contributed by atoms with Crippen molar-refractivity contribution in [2.24, 2.45) is 0 Å². The maximum Gasteiger partial charge on any atom is 0.186 e. The molecule has 0 bridgehead atoms. The number of rotatable bonds is 1. The maximum absolute atomic E-state index is 6.79. The van der Waals surface area contributed by atoms with E-state index < -0.39 is 0 Å². The van der Waals surface area contributed by atoms with Gasteiger partial charge < -0.3 is 4.74 Å². The van der Waals surface area contributed by atoms with Crippen molar-refractivity contribution in [1.82, 2.24) is 4.90 Å². The van der Waals surface area contributed by atoms with Gasteiger partial charge in [0.15, 0.2) is 5.72 Å². The molecular weight excluding hydrogens is 418 g/mol. The molecule has 3 aliphatic rings. The van der Waals surface area contributed by atoms with Crippen LogP contribution in [0.2, 0.25) is 0 Å². The van der Waals surface area contributed by atoms with Crippen LogP contribution in [0.4, 0.5) is 0 Å². The number of ether oxygens (including phenoxy) is 1. The second-order valence-electron chi connectivity index (χ2n) is 6.97. The predicted octanol–water partition coefficient (Wildman–Crippen LogP) is 6.13. The van der Waals surface area contributed by atoms with Crippen LogP contribution in [0, 0.1) is 0 Å². The summed E-state index contributed by atoms with van der Waals surface area (Å²) >= 11 is 7.31. The number of nitrogens with zero attached hydrogens (tertiary/aromatic N) is 1. The molecule has 0 aromatic heterocycles. The highest BCUT2D eigenvalue weighted by Gasteiger charge is 2.46. The first kappa shape index (κ1) is 16.2. The van der Waals surface area contributed by atoms with Gasteiger partial charge in [0.2, 0.25) is 0 Å². The molecule has 124 valence electrons. The number of likely N-dealkylation sites (tertiary alicyclic amines) is 1. The third kappa shape index (κ3) is 2.91. The predicted molar refractivity (Wildman–Crippen MR) is 102 cm³/mol. The third-order valence-corrected chi connectivity index (χ3v) is 6.52. The van der Waals surface area contributed by atoms with E-state index in [0.717, 1.165) is 21.1 Å². The van der Waals surface area contributed by atoms with Crippen LogP contribution in [0.3, 0.4) is 0 Å². The molecule has 2 heterocycles. The van der Waals surface area contributed by atoms with Crippen molar-refractivity contribution in [1.29, 1.82) is 0 Å². The van der Waals surface area contributed by atoms with E-state index in [4.69, 9.17) is 4.74 Å². The molecule has 2 fully saturated rings. The van der Waals surface area contributed by atoms with Crippen molar-refractivity contribution < 1.29 is 4.74 Å². The largest absolute Gasteiger partial charge is 0.467 e. The summed E-state index contributed by atoms with van der Waals surface area (Å²) < 4.78 is 8.95. The molecule has 1 aromatic rings. The molecule has 0 radical (unpaired) electrons. The first-order valence-corrected chi connectivity index (χ1v) is 10.4. The van der Waals surface area contributed by atoms with Crippen molar-refractivity contribution in [3.05, 3.63) is 32.2 Å². The summed E-state index contributed by atoms with van der Waals surface area (Å²) in [4.78, 5) is 2.64. The fraction of sp³-hybridized carbons (Fsp3) is 0.579. The molecular formula is C19H23Br2NO. The molecule has 1 saturated heterocycles. The van der Waals surface area contributed by atoms with E-state index in [-0.39, 0.29) is 5.72 Å². The molecule has 23 heavy (non-hydrogen) atoms. The van der Waals surface area contributed by atoms with Crippen LogP contribution in [0.5, 0.6) is 5.75 Å². The molecule has 1 saturated carbocycles. The Morgan fingerprint density at radius 3 is 2.52 bits per heavy atom. The van der Waals surface area contributed by atoms with E-state index in [1.54, 1.807) is 0 Å². The molecule has 1 aromatic carbocycles. The minimum absolute atomic E-state index is 0.189. The summed E-state index contributed by atoms with van der Waals surface area (Å²) in [6, 6.07) is 4.27. The number of halogens is 2. The lowest BCUT2D eigenvalue weighted by molar-refractivity contribution is -0.0729. The normalized spacial score (nSPS) is 28.2. The first-order chi connectivity index (χ1) is 11.2. The van der Waals surface area contributed by atoms with Gasteiger partial charge in [0.1, 0.15) is 5.75 Å². The van der Waals surface area contributed by atoms with Gasteiger partial charge in [0, 0.05) is 29.5 Å². The van der Waals surface area contributed by atoms with Gasteiger partial charge in [-0.1, -0.05) is 28.8 Å². The quantitative estimate of drug-likeness (QED) is 0.520. The minimum atomic E-state index is -0.189. The molecule has 0 N–H and O–H groups in total. The molecule has 1 atom stereocenters. The highest BCUT2D eigenvalue weighted by molar-refractivity contribution is 9.11. The zero-order chi connectivity index (χ0) is 15.9. The molecule has 0 spiro atoms. The third-order valence-electron chi connectivity index (χ3n) is 5.47. The van der Waals surface area contributed by atoms with E-state index in [9.17, 15) is 0 Å². The average Bonchev–Trinajstić information content (AvgIpc) is 2.83. The van der Waals surface area contributed by atoms with Crippen molar-refractivity contribution >= 4 is 37.9 Å². The second-order valence-corrected chi connectivity index (χ2v) is 8.74. The van der Waals surface area contributed by atoms with Crippen LogP contribution in [0.1, 0.15) is 56.9 Å². The van der Waals surface area contributed by atoms with E-state index in [0.29, 0.717) is 0 Å². The number of benzene rings is 1. The fourth-order valence-corrected chi connectivity index (χ4v) is 5.69. The highest BCUT2D eigenvalue weighted by atomic mass is 79.9. The summed E-state index contributed by atoms with van der Waals surface area (Å²) in [5.41, 5.74) is 2.50. The molecule has 1 aliphatic carbocycles. The monoisotopic (exact) mass is 439 g/mol. The van der Waals surface area contributed by atoms with Gasteiger partial charge in [-0.2, -0.15) is 0 Å². The molecule has 4 heteroatoms. The standard InChI is InChI=1S/C19H23Br2NO/c20-16-12-14-11-15-7-3-4-8-19(15,23-18(14)17(21)13-16)22-9-5-1-2-6-10-22/h11-13H,1-10H2. The van der Waals surface area contributed by atoms with E-state index in [2.05, 4.69) is 55.0 Å². The lowest BCUT2D eigenvalue weighted by Gasteiger charge is -2.49. The Bertz CT molecular complexity index is 635. The Labute approximate surface area is 155 Å². The van der Waals surface area contributed by atoms with E-state index in [1.807, 2.05) is 0 Å². The topological polar surface area (TPSA) is 12.5 Å². The lowest BCUT2D eigenvalue weighted by atomic mass is 9.82. The van der Waals surface area contributed by atoms with Crippen LogP contribution in [-0.2, 0) is 0 Å². The smallest absolute Gasteiger partial charge is 0.186 e. The minimum Gasteiger partial charge on any atom is -0.467 e. The van der Waals surface area contributed by atoms with E-state index >= 15 is 0 Å². The van der Waals surface area contributed by atoms with Crippen molar-refractivity contribution in [3.8, 4) is 5.75 Å². The Morgan fingerprint density at radius 1 is 0.957 bits per heavy atom. The second kappa shape index (κ2) is 6.53. The maximum atomic E-state index is 6.79. The Balaban J connectivity index is 1.78. The van der Waals surface area contributed by atoms with Gasteiger partial charge in [0.05, 0.1) is 4.47 Å². The summed E-state index contributed by atoms with van der Waals surface area (Å²) in [6.07, 6.45) is 12.6. The summed E-state index contributed by atoms with van der Waals surface area (Å²) in [6.45, 7) is 2.33. The zero-order valence-corrected chi connectivity index (χ0v) is 16.6. The highest BCUT2D eigenvalue weighted by Crippen LogP contribution is 2.49. The van der Waals surface area contributed by atoms with Gasteiger partial charge >= 0.3 is 0 Å². The molecule has 2 nitrogen and oxygen atoms in total. The van der Waals surface area contributed by atoms with Crippen molar-refractivity contribution in [2.45, 2.75) is 57.1 Å². The zero-order valence-electron chi connectivity index (χ0n) is 13.4. The van der Waals surface area contributed by atoms with Crippen LogP contribution >= 0.6 is 31.9 Å². The van der Waals surface area contributed by atoms with Gasteiger partial charge in [0.25, 0.3) is 0 Å². The summed E-state index contributed by atoms with van der Waals surface area (Å²) in [5.74, 6) is 1.02. The van der Waals surface area contributed by atoms with Gasteiger partial charge in [-0.3, -0.25) is 4.90 Å². The number of hydrogen-bond donors (Lipinski definition) is 0. The molecule has 0 amide bonds. The van der Waals surface area contributed by atoms with Gasteiger partial charge in [-0.05, 0) is 71.8 Å². The molecule has 4 rings (SSSR count). The van der Waals surface area contributed by atoms with Crippen LogP contribution in [0.15, 0.2) is 26.7 Å². The SMILES string of the molecule is Brc1cc(Br)c2c(c1)C=C1CCCCC1(N1CCCCCC1)O2. The Morgan fingerprint density at radius 2 is 1.74 bits per heavy atom. The van der Waals surface area contributed by atoms with Crippen LogP contribution in [0.25, 0.3) is 6.08 Å².